The Bertz CT molecular complexity index is 1440. The molecule has 2 unspecified atom stereocenters. The van der Waals surface area contributed by atoms with E-state index in [4.69, 9.17) is 0 Å². The quantitative estimate of drug-likeness (QED) is 0.478. The molecule has 7 nitrogen and oxygen atoms in total. The summed E-state index contributed by atoms with van der Waals surface area (Å²) in [6.07, 6.45) is 2.66. The minimum atomic E-state index is -3.81. The molecule has 0 amide bonds. The normalized spacial score (nSPS) is 30.1. The first kappa shape index (κ1) is 24.9. The van der Waals surface area contributed by atoms with Crippen molar-refractivity contribution in [2.75, 3.05) is 0 Å². The van der Waals surface area contributed by atoms with Gasteiger partial charge in [-0.3, -0.25) is 0 Å². The summed E-state index contributed by atoms with van der Waals surface area (Å²) in [5, 5.41) is 9.68. The summed E-state index contributed by atoms with van der Waals surface area (Å²) in [5.41, 5.74) is -1.69. The molecule has 0 radical (unpaired) electrons. The third-order valence-electron chi connectivity index (χ3n) is 7.65. The Morgan fingerprint density at radius 1 is 1.11 bits per heavy atom. The number of aromatic amines is 2. The first-order valence-electron chi connectivity index (χ1n) is 12.0. The summed E-state index contributed by atoms with van der Waals surface area (Å²) in [7, 11) is -3.81. The highest BCUT2D eigenvalue weighted by molar-refractivity contribution is 7.89. The zero-order chi connectivity index (χ0) is 25.9. The van der Waals surface area contributed by atoms with Crippen LogP contribution < -0.4 is 5.69 Å². The number of aliphatic hydroxyl groups is 1. The summed E-state index contributed by atoms with van der Waals surface area (Å²) < 4.78 is 59.3. The highest BCUT2D eigenvalue weighted by atomic mass is 32.2. The lowest BCUT2D eigenvalue weighted by molar-refractivity contribution is -0.0633. The van der Waals surface area contributed by atoms with Crippen molar-refractivity contribution in [3.8, 4) is 0 Å². The molecule has 0 spiro atoms. The number of hydrogen-bond donors (Lipinski definition) is 3. The molecule has 1 aromatic heterocycles. The van der Waals surface area contributed by atoms with Gasteiger partial charge in [-0.25, -0.2) is 22.0 Å². The first-order valence-corrected chi connectivity index (χ1v) is 13.5. The van der Waals surface area contributed by atoms with Crippen LogP contribution in [0.15, 0.2) is 53.5 Å². The van der Waals surface area contributed by atoms with E-state index in [1.807, 2.05) is 6.07 Å². The average molecular weight is 518 g/mol. The van der Waals surface area contributed by atoms with Crippen LogP contribution >= 0.6 is 0 Å². The van der Waals surface area contributed by atoms with Crippen molar-refractivity contribution >= 4 is 10.0 Å². The Morgan fingerprint density at radius 2 is 1.81 bits per heavy atom. The van der Waals surface area contributed by atoms with Gasteiger partial charge in [0.2, 0.25) is 10.0 Å². The number of aromatic nitrogens is 2. The molecule has 5 rings (SSSR count). The lowest BCUT2D eigenvalue weighted by atomic mass is 9.55. The van der Waals surface area contributed by atoms with Gasteiger partial charge >= 0.3 is 5.69 Å². The molecule has 3 N–H and O–H groups in total. The molecule has 36 heavy (non-hydrogen) atoms. The standard InChI is InChI=1S/C26H29F2N3O4S/c1-16-8-9-22(17-6-4-3-5-7-17)36(34,35)31(16)13-18-10-21(28)19(11-20(18)27)26(14-25(2,33)15-26)23-12-29-24(32)30-23/h3-7,10-12,16,22,33H,8-9,13-15H2,1-2H3,(H2,29,30,32). The monoisotopic (exact) mass is 517 g/mol. The van der Waals surface area contributed by atoms with Crippen LogP contribution in [0.3, 0.4) is 0 Å². The summed E-state index contributed by atoms with van der Waals surface area (Å²) in [6.45, 7) is 3.08. The highest BCUT2D eigenvalue weighted by Gasteiger charge is 2.55. The van der Waals surface area contributed by atoms with Crippen LogP contribution in [0.2, 0.25) is 0 Å². The van der Waals surface area contributed by atoms with Crippen molar-refractivity contribution in [1.82, 2.24) is 14.3 Å². The molecule has 1 saturated heterocycles. The van der Waals surface area contributed by atoms with E-state index in [1.165, 1.54) is 10.5 Å². The first-order chi connectivity index (χ1) is 16.9. The summed E-state index contributed by atoms with van der Waals surface area (Å²) >= 11 is 0. The molecule has 2 heterocycles. The van der Waals surface area contributed by atoms with Gasteiger partial charge < -0.3 is 15.1 Å². The van der Waals surface area contributed by atoms with E-state index in [0.29, 0.717) is 24.1 Å². The van der Waals surface area contributed by atoms with Crippen molar-refractivity contribution < 1.29 is 22.3 Å². The van der Waals surface area contributed by atoms with Crippen LogP contribution in [0, 0.1) is 11.6 Å². The molecule has 1 saturated carbocycles. The van der Waals surface area contributed by atoms with E-state index in [2.05, 4.69) is 9.97 Å². The van der Waals surface area contributed by atoms with E-state index in [0.717, 1.165) is 12.1 Å². The molecule has 2 aliphatic rings. The number of benzene rings is 2. The number of nitrogens with zero attached hydrogens (tertiary/aromatic N) is 1. The van der Waals surface area contributed by atoms with Gasteiger partial charge in [-0.15, -0.1) is 0 Å². The van der Waals surface area contributed by atoms with Gasteiger partial charge in [-0.1, -0.05) is 30.3 Å². The van der Waals surface area contributed by atoms with Gasteiger partial charge in [0.1, 0.15) is 16.9 Å². The zero-order valence-electron chi connectivity index (χ0n) is 20.1. The maximum absolute atomic E-state index is 15.6. The molecular formula is C26H29F2N3O4S. The number of H-pyrrole nitrogens is 2. The van der Waals surface area contributed by atoms with Gasteiger partial charge in [-0.05, 0) is 57.2 Å². The van der Waals surface area contributed by atoms with Crippen LogP contribution in [0.5, 0.6) is 0 Å². The topological polar surface area (TPSA) is 106 Å². The second-order valence-electron chi connectivity index (χ2n) is 10.4. The van der Waals surface area contributed by atoms with Crippen LogP contribution in [0.4, 0.5) is 8.78 Å². The molecular weight excluding hydrogens is 488 g/mol. The van der Waals surface area contributed by atoms with Crippen molar-refractivity contribution in [2.24, 2.45) is 0 Å². The third-order valence-corrected chi connectivity index (χ3v) is 10.0. The Hall–Kier alpha value is -2.82. The average Bonchev–Trinajstić information content (AvgIpc) is 3.23. The molecule has 192 valence electrons. The molecule has 2 atom stereocenters. The number of halogens is 2. The van der Waals surface area contributed by atoms with Crippen LogP contribution in [-0.4, -0.2) is 39.4 Å². The van der Waals surface area contributed by atoms with Crippen LogP contribution in [0.1, 0.15) is 67.2 Å². The predicted octanol–water partition coefficient (Wildman–Crippen LogP) is 3.87. The number of sulfonamides is 1. The lowest BCUT2D eigenvalue weighted by Crippen LogP contribution is -2.54. The third kappa shape index (κ3) is 4.10. The fraction of sp³-hybridized carbons (Fsp3) is 0.423. The van der Waals surface area contributed by atoms with Crippen molar-refractivity contribution in [3.63, 3.8) is 0 Å². The molecule has 2 aromatic carbocycles. The second-order valence-corrected chi connectivity index (χ2v) is 12.5. The molecule has 10 heteroatoms. The van der Waals surface area contributed by atoms with E-state index in [-0.39, 0.29) is 36.6 Å². The smallest absolute Gasteiger partial charge is 0.323 e. The van der Waals surface area contributed by atoms with E-state index < -0.39 is 43.6 Å². The summed E-state index contributed by atoms with van der Waals surface area (Å²) in [6, 6.07) is 10.7. The highest BCUT2D eigenvalue weighted by Crippen LogP contribution is 2.54. The molecule has 0 bridgehead atoms. The Labute approximate surface area is 208 Å². The van der Waals surface area contributed by atoms with Crippen molar-refractivity contribution in [1.29, 1.82) is 0 Å². The largest absolute Gasteiger partial charge is 0.390 e. The van der Waals surface area contributed by atoms with Gasteiger partial charge in [0.15, 0.2) is 0 Å². The van der Waals surface area contributed by atoms with E-state index in [9.17, 15) is 18.3 Å². The summed E-state index contributed by atoms with van der Waals surface area (Å²) in [4.78, 5) is 16.8. The van der Waals surface area contributed by atoms with E-state index >= 15 is 8.78 Å². The van der Waals surface area contributed by atoms with Crippen molar-refractivity contribution in [3.05, 3.63) is 93.2 Å². The lowest BCUT2D eigenvalue weighted by Gasteiger charge is -2.51. The van der Waals surface area contributed by atoms with Crippen LogP contribution in [-0.2, 0) is 22.0 Å². The second kappa shape index (κ2) is 8.64. The van der Waals surface area contributed by atoms with Gasteiger partial charge in [0.25, 0.3) is 0 Å². The number of imidazole rings is 1. The zero-order valence-corrected chi connectivity index (χ0v) is 20.9. The maximum Gasteiger partial charge on any atom is 0.323 e. The fourth-order valence-corrected chi connectivity index (χ4v) is 8.15. The minimum absolute atomic E-state index is 0.0160. The van der Waals surface area contributed by atoms with Gasteiger partial charge in [0.05, 0.1) is 5.60 Å². The summed E-state index contributed by atoms with van der Waals surface area (Å²) in [5.74, 6) is -1.45. The van der Waals surface area contributed by atoms with Gasteiger partial charge in [0, 0.05) is 41.0 Å². The fourth-order valence-electron chi connectivity index (χ4n) is 5.96. The SMILES string of the molecule is CC1CCC(c2ccccc2)S(=O)(=O)N1Cc1cc(F)c(C2(c3c[nH]c(=O)[nH]3)CC(C)(O)C2)cc1F. The molecule has 2 fully saturated rings. The molecule has 3 aromatic rings. The number of rotatable bonds is 5. The maximum atomic E-state index is 15.6. The minimum Gasteiger partial charge on any atom is -0.390 e. The van der Waals surface area contributed by atoms with Gasteiger partial charge in [-0.2, -0.15) is 4.31 Å². The van der Waals surface area contributed by atoms with Crippen LogP contribution in [0.25, 0.3) is 0 Å². The Kier molecular flexibility index (Phi) is 5.96. The number of hydrogen-bond acceptors (Lipinski definition) is 4. The molecule has 1 aliphatic carbocycles. The Morgan fingerprint density at radius 3 is 2.42 bits per heavy atom. The van der Waals surface area contributed by atoms with E-state index in [1.54, 1.807) is 38.1 Å². The van der Waals surface area contributed by atoms with Crippen molar-refractivity contribution in [2.45, 2.75) is 68.4 Å². The number of nitrogens with one attached hydrogen (secondary N) is 2. The Balaban J connectivity index is 1.49. The predicted molar refractivity (Wildman–Crippen MR) is 131 cm³/mol. The molecule has 1 aliphatic heterocycles.